The van der Waals surface area contributed by atoms with Crippen LogP contribution in [0.3, 0.4) is 0 Å². The van der Waals surface area contributed by atoms with Gasteiger partial charge in [0.15, 0.2) is 11.0 Å². The van der Waals surface area contributed by atoms with E-state index in [9.17, 15) is 4.21 Å². The molecule has 0 saturated heterocycles. The van der Waals surface area contributed by atoms with Crippen molar-refractivity contribution in [1.29, 1.82) is 0 Å². The maximum Gasteiger partial charge on any atom is 0.150 e. The van der Waals surface area contributed by atoms with Crippen LogP contribution < -0.4 is 9.46 Å². The molecule has 5 aromatic rings. The van der Waals surface area contributed by atoms with E-state index in [0.29, 0.717) is 6.61 Å². The van der Waals surface area contributed by atoms with E-state index in [1.165, 1.54) is 16.3 Å². The first kappa shape index (κ1) is 20.3. The van der Waals surface area contributed by atoms with Crippen LogP contribution in [-0.2, 0) is 17.4 Å². The zero-order valence-corrected chi connectivity index (χ0v) is 18.3. The van der Waals surface area contributed by atoms with E-state index >= 15 is 0 Å². The Balaban J connectivity index is 1.27. The topological polar surface area (TPSA) is 38.3 Å². The lowest BCUT2D eigenvalue weighted by atomic mass is 10.0. The third kappa shape index (κ3) is 4.36. The zero-order chi connectivity index (χ0) is 21.8. The van der Waals surface area contributed by atoms with Gasteiger partial charge < -0.3 is 9.46 Å². The molecule has 0 aliphatic rings. The van der Waals surface area contributed by atoms with E-state index < -0.39 is 11.0 Å². The summed E-state index contributed by atoms with van der Waals surface area (Å²) in [6.07, 6.45) is 0.820. The maximum absolute atomic E-state index is 13.0. The highest BCUT2D eigenvalue weighted by Gasteiger charge is 2.09. The van der Waals surface area contributed by atoms with Gasteiger partial charge in [-0.25, -0.2) is 4.21 Å². The van der Waals surface area contributed by atoms with Gasteiger partial charge in [-0.15, -0.1) is 0 Å². The molecule has 0 aromatic heterocycles. The quantitative estimate of drug-likeness (QED) is 0.306. The summed E-state index contributed by atoms with van der Waals surface area (Å²) in [7, 11) is -1.37. The Morgan fingerprint density at radius 2 is 1.34 bits per heavy atom. The molecule has 32 heavy (non-hydrogen) atoms. The fraction of sp³-hybridized carbons (Fsp3) is 0.0714. The summed E-state index contributed by atoms with van der Waals surface area (Å²) in [5, 5.41) is 4.57. The predicted octanol–water partition coefficient (Wildman–Crippen LogP) is 6.75. The normalized spacial score (nSPS) is 12.0. The van der Waals surface area contributed by atoms with Gasteiger partial charge in [0.25, 0.3) is 0 Å². The summed E-state index contributed by atoms with van der Waals surface area (Å²) in [6.45, 7) is 0.573. The van der Waals surface area contributed by atoms with Gasteiger partial charge in [-0.05, 0) is 45.3 Å². The molecule has 0 bridgehead atoms. The van der Waals surface area contributed by atoms with Gasteiger partial charge in [-0.1, -0.05) is 84.9 Å². The van der Waals surface area contributed by atoms with Crippen molar-refractivity contribution in [3.63, 3.8) is 0 Å². The Morgan fingerprint density at radius 1 is 0.688 bits per heavy atom. The minimum absolute atomic E-state index is 0.573. The maximum atomic E-state index is 13.0. The number of hydrogen-bond acceptors (Lipinski definition) is 2. The van der Waals surface area contributed by atoms with E-state index in [1.54, 1.807) is 0 Å². The fourth-order valence-corrected chi connectivity index (χ4v) is 5.00. The SMILES string of the molecule is O=S(Nc1cccc(OCCc2cccc3ccccc23)c1)c1cccc2ccccc12. The first-order valence-electron chi connectivity index (χ1n) is 10.6. The minimum Gasteiger partial charge on any atom is -0.493 e. The number of fused-ring (bicyclic) bond motifs is 2. The standard InChI is InChI=1S/C28H23NO2S/c30-32(28-17-6-12-22-9-2-4-16-27(22)28)29-24-13-7-14-25(20-24)31-19-18-23-11-5-10-21-8-1-3-15-26(21)23/h1-17,20,29H,18-19H2. The lowest BCUT2D eigenvalue weighted by Gasteiger charge is -2.12. The Labute approximate surface area is 190 Å². The van der Waals surface area contributed by atoms with Crippen LogP contribution in [-0.4, -0.2) is 10.8 Å². The van der Waals surface area contributed by atoms with Crippen LogP contribution in [0.5, 0.6) is 5.75 Å². The van der Waals surface area contributed by atoms with E-state index in [0.717, 1.165) is 33.5 Å². The molecular formula is C28H23NO2S. The van der Waals surface area contributed by atoms with Gasteiger partial charge in [-0.3, -0.25) is 0 Å². The lowest BCUT2D eigenvalue weighted by Crippen LogP contribution is -2.06. The fourth-order valence-electron chi connectivity index (χ4n) is 3.96. The van der Waals surface area contributed by atoms with E-state index in [1.807, 2.05) is 66.7 Å². The second-order valence-electron chi connectivity index (χ2n) is 7.61. The molecule has 158 valence electrons. The van der Waals surface area contributed by atoms with Gasteiger partial charge in [0.2, 0.25) is 0 Å². The van der Waals surface area contributed by atoms with Gasteiger partial charge in [-0.2, -0.15) is 0 Å². The number of anilines is 1. The summed E-state index contributed by atoms with van der Waals surface area (Å²) < 4.78 is 22.2. The highest BCUT2D eigenvalue weighted by atomic mass is 32.2. The third-order valence-corrected chi connectivity index (χ3v) is 6.69. The lowest BCUT2D eigenvalue weighted by molar-refractivity contribution is 0.322. The molecule has 5 aromatic carbocycles. The Morgan fingerprint density at radius 3 is 2.19 bits per heavy atom. The Kier molecular flexibility index (Phi) is 5.86. The van der Waals surface area contributed by atoms with Crippen molar-refractivity contribution in [1.82, 2.24) is 0 Å². The molecule has 1 N–H and O–H groups in total. The van der Waals surface area contributed by atoms with Gasteiger partial charge in [0.05, 0.1) is 17.2 Å². The van der Waals surface area contributed by atoms with Crippen molar-refractivity contribution >= 4 is 38.2 Å². The van der Waals surface area contributed by atoms with E-state index in [-0.39, 0.29) is 0 Å². The van der Waals surface area contributed by atoms with Crippen LogP contribution in [0, 0.1) is 0 Å². The number of ether oxygens (including phenoxy) is 1. The number of nitrogens with one attached hydrogen (secondary N) is 1. The molecule has 0 fully saturated rings. The summed E-state index contributed by atoms with van der Waals surface area (Å²) in [6, 6.07) is 36.3. The average Bonchev–Trinajstić information content (AvgIpc) is 2.84. The predicted molar refractivity (Wildman–Crippen MR) is 134 cm³/mol. The van der Waals surface area contributed by atoms with Crippen LogP contribution in [0.25, 0.3) is 21.5 Å². The summed E-state index contributed by atoms with van der Waals surface area (Å²) in [4.78, 5) is 0.769. The van der Waals surface area contributed by atoms with Gasteiger partial charge in [0.1, 0.15) is 5.75 Å². The van der Waals surface area contributed by atoms with Crippen molar-refractivity contribution in [2.75, 3.05) is 11.3 Å². The highest BCUT2D eigenvalue weighted by Crippen LogP contribution is 2.25. The van der Waals surface area contributed by atoms with Gasteiger partial charge >= 0.3 is 0 Å². The van der Waals surface area contributed by atoms with E-state index in [2.05, 4.69) is 47.2 Å². The van der Waals surface area contributed by atoms with Crippen LogP contribution in [0.2, 0.25) is 0 Å². The van der Waals surface area contributed by atoms with Crippen LogP contribution in [0.15, 0.2) is 114 Å². The second kappa shape index (κ2) is 9.25. The number of hydrogen-bond donors (Lipinski definition) is 1. The highest BCUT2D eigenvalue weighted by molar-refractivity contribution is 7.86. The van der Waals surface area contributed by atoms with Crippen LogP contribution in [0.1, 0.15) is 5.56 Å². The van der Waals surface area contributed by atoms with Crippen LogP contribution >= 0.6 is 0 Å². The summed E-state index contributed by atoms with van der Waals surface area (Å²) >= 11 is 0. The Hall–Kier alpha value is -3.63. The Bertz CT molecular complexity index is 1400. The molecule has 4 heteroatoms. The molecule has 0 saturated carbocycles. The molecule has 3 nitrogen and oxygen atoms in total. The molecule has 1 unspecified atom stereocenters. The molecule has 0 aliphatic heterocycles. The molecule has 0 radical (unpaired) electrons. The molecule has 5 rings (SSSR count). The molecular weight excluding hydrogens is 414 g/mol. The first-order valence-corrected chi connectivity index (χ1v) is 11.8. The number of rotatable bonds is 7. The molecule has 0 spiro atoms. The van der Waals surface area contributed by atoms with Crippen molar-refractivity contribution < 1.29 is 8.95 Å². The first-order chi connectivity index (χ1) is 15.8. The molecule has 1 atom stereocenters. The average molecular weight is 438 g/mol. The van der Waals surface area contributed by atoms with Crippen molar-refractivity contribution in [2.24, 2.45) is 0 Å². The largest absolute Gasteiger partial charge is 0.493 e. The monoisotopic (exact) mass is 437 g/mol. The second-order valence-corrected chi connectivity index (χ2v) is 8.79. The van der Waals surface area contributed by atoms with Gasteiger partial charge in [0, 0.05) is 12.5 Å². The third-order valence-electron chi connectivity index (χ3n) is 5.51. The van der Waals surface area contributed by atoms with Crippen molar-refractivity contribution in [3.8, 4) is 5.75 Å². The van der Waals surface area contributed by atoms with Crippen molar-refractivity contribution in [3.05, 3.63) is 115 Å². The number of benzene rings is 5. The summed E-state index contributed by atoms with van der Waals surface area (Å²) in [5.41, 5.74) is 2.04. The van der Waals surface area contributed by atoms with Crippen molar-refractivity contribution in [2.45, 2.75) is 11.3 Å². The smallest absolute Gasteiger partial charge is 0.150 e. The van der Waals surface area contributed by atoms with Crippen LogP contribution in [0.4, 0.5) is 5.69 Å². The van der Waals surface area contributed by atoms with E-state index in [4.69, 9.17) is 4.74 Å². The summed E-state index contributed by atoms with van der Waals surface area (Å²) in [5.74, 6) is 0.755. The molecule has 0 amide bonds. The molecule has 0 heterocycles. The minimum atomic E-state index is -1.37. The molecule has 0 aliphatic carbocycles. The zero-order valence-electron chi connectivity index (χ0n) is 17.5.